The third-order valence-corrected chi connectivity index (χ3v) is 5.53. The Morgan fingerprint density at radius 1 is 1.17 bits per heavy atom. The zero-order valence-electron chi connectivity index (χ0n) is 14.5. The van der Waals surface area contributed by atoms with Gasteiger partial charge in [0.25, 0.3) is 0 Å². The van der Waals surface area contributed by atoms with Gasteiger partial charge in [-0.15, -0.1) is 0 Å². The van der Waals surface area contributed by atoms with E-state index in [2.05, 4.69) is 9.80 Å². The Balaban J connectivity index is 1.63. The molecule has 0 aliphatic carbocycles. The van der Waals surface area contributed by atoms with Gasteiger partial charge in [0.15, 0.2) is 0 Å². The molecule has 132 valence electrons. The van der Waals surface area contributed by atoms with Crippen molar-refractivity contribution in [1.82, 2.24) is 9.80 Å². The van der Waals surface area contributed by atoms with E-state index >= 15 is 0 Å². The van der Waals surface area contributed by atoms with E-state index in [9.17, 15) is 9.18 Å². The van der Waals surface area contributed by atoms with Crippen molar-refractivity contribution in [2.24, 2.45) is 0 Å². The summed E-state index contributed by atoms with van der Waals surface area (Å²) in [4.78, 5) is 16.8. The number of nitrogens with zero attached hydrogens (tertiary/aromatic N) is 2. The molecule has 24 heavy (non-hydrogen) atoms. The number of rotatable bonds is 5. The lowest BCUT2D eigenvalue weighted by atomic mass is 9.88. The molecule has 5 heteroatoms. The van der Waals surface area contributed by atoms with Crippen molar-refractivity contribution in [3.63, 3.8) is 0 Å². The highest BCUT2D eigenvalue weighted by Gasteiger charge is 2.45. The second kappa shape index (κ2) is 7.62. The van der Waals surface area contributed by atoms with Crippen LogP contribution in [-0.4, -0.2) is 54.6 Å². The van der Waals surface area contributed by atoms with Crippen molar-refractivity contribution in [3.05, 3.63) is 35.6 Å². The molecule has 1 unspecified atom stereocenters. The maximum Gasteiger partial charge on any atom is 0.223 e. The number of methoxy groups -OCH3 is 1. The van der Waals surface area contributed by atoms with Crippen LogP contribution in [-0.2, 0) is 16.1 Å². The highest BCUT2D eigenvalue weighted by atomic mass is 19.1. The zero-order valence-corrected chi connectivity index (χ0v) is 14.5. The molecule has 2 saturated heterocycles. The number of ether oxygens (including phenoxy) is 1. The van der Waals surface area contributed by atoms with Crippen molar-refractivity contribution in [1.29, 1.82) is 0 Å². The quantitative estimate of drug-likeness (QED) is 0.830. The molecule has 3 rings (SSSR count). The normalized spacial score (nSPS) is 25.4. The summed E-state index contributed by atoms with van der Waals surface area (Å²) in [6.45, 7) is 4.17. The van der Waals surface area contributed by atoms with E-state index in [4.69, 9.17) is 4.74 Å². The lowest BCUT2D eigenvalue weighted by Gasteiger charge is -2.38. The number of likely N-dealkylation sites (tertiary alicyclic amines) is 2. The van der Waals surface area contributed by atoms with Gasteiger partial charge in [0.2, 0.25) is 5.91 Å². The number of hydrogen-bond acceptors (Lipinski definition) is 3. The number of benzene rings is 1. The second-order valence-electron chi connectivity index (χ2n) is 7.02. The van der Waals surface area contributed by atoms with Gasteiger partial charge in [0.05, 0.1) is 6.61 Å². The predicted octanol–water partition coefficient (Wildman–Crippen LogP) is 2.82. The van der Waals surface area contributed by atoms with Gasteiger partial charge in [-0.25, -0.2) is 4.39 Å². The fourth-order valence-corrected chi connectivity index (χ4v) is 4.18. The van der Waals surface area contributed by atoms with E-state index in [1.807, 2.05) is 12.1 Å². The first-order chi connectivity index (χ1) is 11.6. The molecule has 0 radical (unpaired) electrons. The third-order valence-electron chi connectivity index (χ3n) is 5.53. The van der Waals surface area contributed by atoms with Crippen molar-refractivity contribution < 1.29 is 13.9 Å². The fourth-order valence-electron chi connectivity index (χ4n) is 4.18. The Kier molecular flexibility index (Phi) is 5.51. The first-order valence-electron chi connectivity index (χ1n) is 8.89. The predicted molar refractivity (Wildman–Crippen MR) is 91.1 cm³/mol. The zero-order chi connectivity index (χ0) is 17.0. The lowest BCUT2D eigenvalue weighted by Crippen LogP contribution is -2.47. The van der Waals surface area contributed by atoms with Gasteiger partial charge in [-0.2, -0.15) is 0 Å². The van der Waals surface area contributed by atoms with Gasteiger partial charge < -0.3 is 9.64 Å². The Labute approximate surface area is 143 Å². The van der Waals surface area contributed by atoms with Gasteiger partial charge >= 0.3 is 0 Å². The molecule has 1 atom stereocenters. The molecule has 4 nitrogen and oxygen atoms in total. The molecule has 1 aromatic rings. The summed E-state index contributed by atoms with van der Waals surface area (Å²) in [6, 6.07) is 6.77. The first-order valence-corrected chi connectivity index (χ1v) is 8.89. The number of carbonyl (C=O) groups is 1. The number of amides is 1. The van der Waals surface area contributed by atoms with Crippen LogP contribution in [0.2, 0.25) is 0 Å². The molecule has 2 aliphatic rings. The number of hydrogen-bond donors (Lipinski definition) is 0. The van der Waals surface area contributed by atoms with E-state index in [0.29, 0.717) is 19.6 Å². The molecule has 0 saturated carbocycles. The van der Waals surface area contributed by atoms with Gasteiger partial charge in [-0.05, 0) is 49.9 Å². The minimum Gasteiger partial charge on any atom is -0.383 e. The topological polar surface area (TPSA) is 32.8 Å². The van der Waals surface area contributed by atoms with Crippen molar-refractivity contribution >= 4 is 5.91 Å². The molecular formula is C19H27FN2O2. The molecule has 0 N–H and O–H groups in total. The lowest BCUT2D eigenvalue weighted by molar-refractivity contribution is -0.132. The van der Waals surface area contributed by atoms with Crippen LogP contribution in [0.5, 0.6) is 0 Å². The van der Waals surface area contributed by atoms with Crippen molar-refractivity contribution in [2.45, 2.75) is 44.2 Å². The maximum absolute atomic E-state index is 13.1. The summed E-state index contributed by atoms with van der Waals surface area (Å²) < 4.78 is 18.2. The van der Waals surface area contributed by atoms with E-state index in [-0.39, 0.29) is 17.3 Å². The van der Waals surface area contributed by atoms with Gasteiger partial charge in [-0.3, -0.25) is 9.69 Å². The Hall–Kier alpha value is -1.46. The van der Waals surface area contributed by atoms with E-state index in [1.165, 1.54) is 12.1 Å². The Bertz CT molecular complexity index is 563. The smallest absolute Gasteiger partial charge is 0.223 e. The molecule has 0 aromatic heterocycles. The van der Waals surface area contributed by atoms with Crippen molar-refractivity contribution in [3.8, 4) is 0 Å². The number of carbonyl (C=O) groups excluding carboxylic acids is 1. The molecule has 1 amide bonds. The SMILES string of the molecule is COCCN1C(=O)CCC12CCCN(Cc1ccc(F)cc1)CC2. The number of halogens is 1. The Morgan fingerprint density at radius 2 is 1.96 bits per heavy atom. The van der Waals surface area contributed by atoms with E-state index in [0.717, 1.165) is 50.9 Å². The van der Waals surface area contributed by atoms with Crippen LogP contribution in [0.3, 0.4) is 0 Å². The highest BCUT2D eigenvalue weighted by molar-refractivity contribution is 5.79. The van der Waals surface area contributed by atoms with E-state index < -0.39 is 0 Å². The van der Waals surface area contributed by atoms with Crippen LogP contribution < -0.4 is 0 Å². The van der Waals surface area contributed by atoms with E-state index in [1.54, 1.807) is 7.11 Å². The summed E-state index contributed by atoms with van der Waals surface area (Å²) in [5, 5.41) is 0. The summed E-state index contributed by atoms with van der Waals surface area (Å²) in [5.41, 5.74) is 1.17. The summed E-state index contributed by atoms with van der Waals surface area (Å²) in [7, 11) is 1.69. The molecule has 1 spiro atoms. The van der Waals surface area contributed by atoms with Gasteiger partial charge in [0, 0.05) is 38.7 Å². The van der Waals surface area contributed by atoms with Gasteiger partial charge in [0.1, 0.15) is 5.82 Å². The van der Waals surface area contributed by atoms with Crippen LogP contribution in [0.25, 0.3) is 0 Å². The highest BCUT2D eigenvalue weighted by Crippen LogP contribution is 2.39. The standard InChI is InChI=1S/C19H27FN2O2/c1-24-14-13-22-18(23)7-9-19(22)8-2-11-21(12-10-19)15-16-3-5-17(20)6-4-16/h3-6H,2,7-15H2,1H3. The molecule has 2 heterocycles. The summed E-state index contributed by atoms with van der Waals surface area (Å²) in [6.07, 6.45) is 4.82. The minimum absolute atomic E-state index is 0.0210. The average molecular weight is 334 g/mol. The summed E-state index contributed by atoms with van der Waals surface area (Å²) in [5.74, 6) is 0.0888. The minimum atomic E-state index is -0.188. The van der Waals surface area contributed by atoms with Crippen molar-refractivity contribution in [2.75, 3.05) is 33.4 Å². The third kappa shape index (κ3) is 3.78. The molecule has 2 fully saturated rings. The largest absolute Gasteiger partial charge is 0.383 e. The molecular weight excluding hydrogens is 307 g/mol. The van der Waals surface area contributed by atoms with Crippen LogP contribution in [0.4, 0.5) is 4.39 Å². The molecule has 2 aliphatic heterocycles. The fraction of sp³-hybridized carbons (Fsp3) is 0.632. The van der Waals surface area contributed by atoms with Crippen LogP contribution in [0.1, 0.15) is 37.7 Å². The maximum atomic E-state index is 13.1. The average Bonchev–Trinajstić information content (AvgIpc) is 2.75. The molecule has 1 aromatic carbocycles. The van der Waals surface area contributed by atoms with Crippen LogP contribution in [0.15, 0.2) is 24.3 Å². The second-order valence-corrected chi connectivity index (χ2v) is 7.02. The summed E-state index contributed by atoms with van der Waals surface area (Å²) >= 11 is 0. The monoisotopic (exact) mass is 334 g/mol. The first kappa shape index (κ1) is 17.4. The van der Waals surface area contributed by atoms with Crippen LogP contribution >= 0.6 is 0 Å². The van der Waals surface area contributed by atoms with Crippen LogP contribution in [0, 0.1) is 5.82 Å². The van der Waals surface area contributed by atoms with Gasteiger partial charge in [-0.1, -0.05) is 12.1 Å². The Morgan fingerprint density at radius 3 is 2.71 bits per heavy atom. The molecule has 0 bridgehead atoms.